The Labute approximate surface area is 276 Å². The van der Waals surface area contributed by atoms with Gasteiger partial charge in [-0.15, -0.1) is 0 Å². The molecule has 7 nitrogen and oxygen atoms in total. The summed E-state index contributed by atoms with van der Waals surface area (Å²) in [6.45, 7) is 12.8. The number of esters is 2. The second-order valence-corrected chi connectivity index (χ2v) is 14.3. The summed E-state index contributed by atoms with van der Waals surface area (Å²) in [5.41, 5.74) is 7.86. The lowest BCUT2D eigenvalue weighted by Gasteiger charge is -2.33. The molecule has 1 saturated carbocycles. The first kappa shape index (κ1) is 31.0. The second-order valence-electron chi connectivity index (χ2n) is 14.3. The van der Waals surface area contributed by atoms with E-state index in [1.807, 2.05) is 24.3 Å². The van der Waals surface area contributed by atoms with E-state index in [1.54, 1.807) is 6.07 Å². The molecule has 3 heterocycles. The standard InChI is InChI=1S/C40H42N2O5/c1-23-21-39(3,4)41-32-19-34-30(17-28(23)32)36(31-18-29-24(2)22-40(5,6)42-33(29)20-35(31)47-34)26-13-9-10-14-27(26)38(44)46-16-15-45-37(43)25-11-7-8-12-25/h9-10,13-14,17-22,25,41H,7-8,11-12,15-16H2,1-6H3. The van der Waals surface area contributed by atoms with Gasteiger partial charge in [-0.2, -0.15) is 0 Å². The first-order valence-electron chi connectivity index (χ1n) is 16.6. The van der Waals surface area contributed by atoms with E-state index in [9.17, 15) is 9.59 Å². The van der Waals surface area contributed by atoms with Crippen molar-refractivity contribution in [1.29, 1.82) is 0 Å². The minimum atomic E-state index is -0.470. The van der Waals surface area contributed by atoms with E-state index in [0.29, 0.717) is 17.1 Å². The van der Waals surface area contributed by atoms with Crippen LogP contribution in [0.3, 0.4) is 0 Å². The molecule has 0 saturated heterocycles. The molecule has 4 aliphatic rings. The van der Waals surface area contributed by atoms with Crippen molar-refractivity contribution in [2.75, 3.05) is 18.5 Å². The van der Waals surface area contributed by atoms with Crippen LogP contribution in [0.15, 0.2) is 65.7 Å². The van der Waals surface area contributed by atoms with Gasteiger partial charge < -0.3 is 19.5 Å². The largest absolute Gasteiger partial charge is 0.462 e. The summed E-state index contributed by atoms with van der Waals surface area (Å²) >= 11 is 0. The number of ether oxygens (including phenoxy) is 3. The molecule has 0 radical (unpaired) electrons. The highest BCUT2D eigenvalue weighted by Crippen LogP contribution is 2.44. The predicted molar refractivity (Wildman–Crippen MR) is 184 cm³/mol. The molecule has 3 aromatic rings. The van der Waals surface area contributed by atoms with Crippen LogP contribution in [0.1, 0.15) is 99.8 Å². The molecule has 47 heavy (non-hydrogen) atoms. The first-order chi connectivity index (χ1) is 22.4. The molecule has 0 amide bonds. The van der Waals surface area contributed by atoms with Gasteiger partial charge in [0.25, 0.3) is 0 Å². The van der Waals surface area contributed by atoms with Gasteiger partial charge in [-0.05, 0) is 89.3 Å². The number of nitrogens with one attached hydrogen (secondary N) is 1. The van der Waals surface area contributed by atoms with Gasteiger partial charge in [-0.3, -0.25) is 9.79 Å². The summed E-state index contributed by atoms with van der Waals surface area (Å²) in [6, 6.07) is 15.9. The van der Waals surface area contributed by atoms with Crippen molar-refractivity contribution in [2.45, 2.75) is 78.3 Å². The van der Waals surface area contributed by atoms with Crippen molar-refractivity contribution in [3.63, 3.8) is 0 Å². The molecule has 3 aliphatic heterocycles. The smallest absolute Gasteiger partial charge is 0.338 e. The van der Waals surface area contributed by atoms with Crippen LogP contribution in [0, 0.1) is 5.92 Å². The summed E-state index contributed by atoms with van der Waals surface area (Å²) in [5, 5.41) is 5.41. The number of benzene rings is 3. The van der Waals surface area contributed by atoms with Crippen molar-refractivity contribution in [3.05, 3.63) is 99.1 Å². The Hall–Kier alpha value is -4.65. The van der Waals surface area contributed by atoms with E-state index in [1.165, 1.54) is 5.57 Å². The van der Waals surface area contributed by atoms with Crippen LogP contribution in [-0.4, -0.2) is 36.2 Å². The normalized spacial score (nSPS) is 18.6. The van der Waals surface area contributed by atoms with Crippen LogP contribution in [-0.2, 0) is 14.3 Å². The van der Waals surface area contributed by atoms with E-state index in [0.717, 1.165) is 75.3 Å². The highest BCUT2D eigenvalue weighted by Gasteiger charge is 2.31. The third-order valence-corrected chi connectivity index (χ3v) is 9.50. The molecule has 1 aliphatic carbocycles. The van der Waals surface area contributed by atoms with E-state index >= 15 is 0 Å². The third-order valence-electron chi connectivity index (χ3n) is 9.50. The van der Waals surface area contributed by atoms with Crippen LogP contribution in [0.25, 0.3) is 16.7 Å². The number of anilines is 1. The fourth-order valence-electron chi connectivity index (χ4n) is 7.57. The Morgan fingerprint density at radius 3 is 2.36 bits per heavy atom. The monoisotopic (exact) mass is 630 g/mol. The lowest BCUT2D eigenvalue weighted by molar-refractivity contribution is -0.149. The molecular weight excluding hydrogens is 588 g/mol. The minimum Gasteiger partial charge on any atom is -0.462 e. The van der Waals surface area contributed by atoms with Gasteiger partial charge in [0.05, 0.1) is 27.9 Å². The molecule has 0 bridgehead atoms. The fourth-order valence-corrected chi connectivity index (χ4v) is 7.57. The SMILES string of the molecule is CC1=CC(C)(C)Nc2cc3c(cc21)C(c1ccccc1C(=O)OCCOC(=O)C1CCCC1)=c1cc2c(cc1O3)=NC(C)(C)C=C2C. The Bertz CT molecular complexity index is 2010. The molecular formula is C40H42N2O5. The van der Waals surface area contributed by atoms with Gasteiger partial charge in [0.15, 0.2) is 0 Å². The summed E-state index contributed by atoms with van der Waals surface area (Å²) in [7, 11) is 0. The van der Waals surface area contributed by atoms with Crippen molar-refractivity contribution < 1.29 is 23.8 Å². The number of rotatable bonds is 6. The Morgan fingerprint density at radius 2 is 1.57 bits per heavy atom. The molecule has 242 valence electrons. The Morgan fingerprint density at radius 1 is 0.851 bits per heavy atom. The maximum Gasteiger partial charge on any atom is 0.338 e. The zero-order chi connectivity index (χ0) is 33.1. The van der Waals surface area contributed by atoms with E-state index in [2.05, 4.69) is 77.2 Å². The van der Waals surface area contributed by atoms with Crippen molar-refractivity contribution in [3.8, 4) is 11.5 Å². The molecule has 0 spiro atoms. The van der Waals surface area contributed by atoms with Crippen molar-refractivity contribution >= 4 is 34.3 Å². The number of allylic oxidation sites excluding steroid dienone is 2. The number of nitrogens with zero attached hydrogens (tertiary/aromatic N) is 1. The molecule has 0 atom stereocenters. The number of carbonyl (C=O) groups is 2. The number of hydrogen-bond donors (Lipinski definition) is 1. The van der Waals surface area contributed by atoms with Crippen molar-refractivity contribution in [2.24, 2.45) is 10.9 Å². The maximum atomic E-state index is 13.7. The molecule has 1 N–H and O–H groups in total. The lowest BCUT2D eigenvalue weighted by atomic mass is 9.84. The Kier molecular flexibility index (Phi) is 7.61. The second kappa shape index (κ2) is 11.5. The average molecular weight is 631 g/mol. The van der Waals surface area contributed by atoms with Gasteiger partial charge in [0.2, 0.25) is 0 Å². The van der Waals surface area contributed by atoms with Crippen LogP contribution in [0.4, 0.5) is 5.69 Å². The Balaban J connectivity index is 1.34. The van der Waals surface area contributed by atoms with Crippen molar-refractivity contribution in [1.82, 2.24) is 0 Å². The summed E-state index contributed by atoms with van der Waals surface area (Å²) in [5.74, 6) is 0.685. The van der Waals surface area contributed by atoms with E-state index < -0.39 is 5.97 Å². The highest BCUT2D eigenvalue weighted by molar-refractivity contribution is 6.00. The molecule has 7 rings (SSSR count). The maximum absolute atomic E-state index is 13.7. The van der Waals surface area contributed by atoms with E-state index in [4.69, 9.17) is 19.2 Å². The average Bonchev–Trinajstić information content (AvgIpc) is 3.55. The number of hydrogen-bond acceptors (Lipinski definition) is 7. The van der Waals surface area contributed by atoms with Gasteiger partial charge in [0, 0.05) is 45.3 Å². The zero-order valence-corrected chi connectivity index (χ0v) is 28.1. The first-order valence-corrected chi connectivity index (χ1v) is 16.6. The summed E-state index contributed by atoms with van der Waals surface area (Å²) in [6.07, 6.45) is 8.27. The van der Waals surface area contributed by atoms with Gasteiger partial charge in [-0.25, -0.2) is 4.79 Å². The molecule has 1 fully saturated rings. The lowest BCUT2D eigenvalue weighted by Crippen LogP contribution is -2.32. The number of fused-ring (bicyclic) bond motifs is 4. The van der Waals surface area contributed by atoms with Gasteiger partial charge in [0.1, 0.15) is 24.7 Å². The van der Waals surface area contributed by atoms with E-state index in [-0.39, 0.29) is 36.2 Å². The van der Waals surface area contributed by atoms with Crippen LogP contribution in [0.2, 0.25) is 0 Å². The van der Waals surface area contributed by atoms with Gasteiger partial charge >= 0.3 is 11.9 Å². The summed E-state index contributed by atoms with van der Waals surface area (Å²) < 4.78 is 17.8. The number of carbonyl (C=O) groups excluding carboxylic acids is 2. The molecule has 7 heteroatoms. The predicted octanol–water partition coefficient (Wildman–Crippen LogP) is 7.35. The van der Waals surface area contributed by atoms with Crippen LogP contribution < -0.4 is 20.6 Å². The van der Waals surface area contributed by atoms with Crippen LogP contribution >= 0.6 is 0 Å². The van der Waals surface area contributed by atoms with Crippen LogP contribution in [0.5, 0.6) is 11.5 Å². The minimum absolute atomic E-state index is 0.00894. The zero-order valence-electron chi connectivity index (χ0n) is 28.1. The quantitative estimate of drug-likeness (QED) is 0.177. The molecule has 0 aromatic heterocycles. The molecule has 0 unspecified atom stereocenters. The third kappa shape index (κ3) is 5.88. The molecule has 3 aromatic carbocycles. The highest BCUT2D eigenvalue weighted by atomic mass is 16.6. The fraction of sp³-hybridized carbons (Fsp3) is 0.375. The summed E-state index contributed by atoms with van der Waals surface area (Å²) in [4.78, 5) is 31.1. The topological polar surface area (TPSA) is 86.2 Å². The van der Waals surface area contributed by atoms with Gasteiger partial charge in [-0.1, -0.05) is 43.2 Å².